The zero-order valence-corrected chi connectivity index (χ0v) is 17.9. The summed E-state index contributed by atoms with van der Waals surface area (Å²) in [5.74, 6) is 1.30. The Kier molecular flexibility index (Phi) is 4.96. The predicted octanol–water partition coefficient (Wildman–Crippen LogP) is 4.94. The van der Waals surface area contributed by atoms with E-state index >= 15 is 0 Å². The number of nitrogens with zero attached hydrogens (tertiary/aromatic N) is 4. The average Bonchev–Trinajstić information content (AvgIpc) is 3.46. The lowest BCUT2D eigenvalue weighted by Gasteiger charge is -2.37. The molecule has 3 heterocycles. The van der Waals surface area contributed by atoms with Crippen molar-refractivity contribution in [1.82, 2.24) is 25.5 Å². The molecule has 0 unspecified atom stereocenters. The first-order valence-electron chi connectivity index (χ1n) is 11.0. The van der Waals surface area contributed by atoms with Gasteiger partial charge in [-0.1, -0.05) is 47.7 Å². The number of likely N-dealkylation sites (tertiary alicyclic amines) is 1. The number of fused-ring (bicyclic) bond motifs is 1. The molecule has 7 heteroatoms. The molecule has 0 atom stereocenters. The molecule has 6 rings (SSSR count). The fourth-order valence-corrected chi connectivity index (χ4v) is 4.49. The first-order valence-corrected chi connectivity index (χ1v) is 11.0. The fourth-order valence-electron chi connectivity index (χ4n) is 4.49. The van der Waals surface area contributed by atoms with Crippen molar-refractivity contribution in [3.8, 4) is 11.3 Å². The van der Waals surface area contributed by atoms with Crippen molar-refractivity contribution in [2.75, 3.05) is 13.1 Å². The van der Waals surface area contributed by atoms with Gasteiger partial charge in [-0.3, -0.25) is 4.90 Å². The Bertz CT molecular complexity index is 1390. The summed E-state index contributed by atoms with van der Waals surface area (Å²) in [6.45, 7) is 2.38. The highest BCUT2D eigenvalue weighted by atomic mass is 19.1. The zero-order chi connectivity index (χ0) is 22.2. The van der Waals surface area contributed by atoms with Crippen molar-refractivity contribution < 1.29 is 8.81 Å². The molecular weight excluding hydrogens is 417 g/mol. The second-order valence-electron chi connectivity index (χ2n) is 8.62. The first-order chi connectivity index (χ1) is 16.2. The summed E-state index contributed by atoms with van der Waals surface area (Å²) >= 11 is 0. The van der Waals surface area contributed by atoms with Crippen LogP contribution in [0.3, 0.4) is 0 Å². The molecule has 164 valence electrons. The van der Waals surface area contributed by atoms with E-state index in [0.29, 0.717) is 17.9 Å². The van der Waals surface area contributed by atoms with Gasteiger partial charge in [-0.15, -0.1) is 10.2 Å². The Morgan fingerprint density at radius 2 is 1.79 bits per heavy atom. The van der Waals surface area contributed by atoms with Crippen molar-refractivity contribution in [1.29, 1.82) is 0 Å². The first kappa shape index (κ1) is 19.8. The standard InChI is InChI=1S/C26H22FN5O/c27-23-12-19(14-32-15-21(16-32)26-28-30-31-29-26)6-8-22(23)25-13-20-11-18(7-9-24(20)33-25)10-17-4-2-1-3-5-17/h1-9,11-13,21H,10,14-16H2,(H,28,29,30,31). The largest absolute Gasteiger partial charge is 0.456 e. The Morgan fingerprint density at radius 1 is 0.939 bits per heavy atom. The molecule has 2 aromatic heterocycles. The Hall–Kier alpha value is -3.84. The third-order valence-corrected chi connectivity index (χ3v) is 6.22. The monoisotopic (exact) mass is 439 g/mol. The molecular formula is C26H22FN5O. The van der Waals surface area contributed by atoms with Crippen molar-refractivity contribution in [2.24, 2.45) is 0 Å². The van der Waals surface area contributed by atoms with E-state index in [1.165, 1.54) is 11.1 Å². The SMILES string of the molecule is Fc1cc(CN2CC(c3nn[nH]n3)C2)ccc1-c1cc2cc(Cc3ccccc3)ccc2o1. The fraction of sp³-hybridized carbons (Fsp3) is 0.192. The quantitative estimate of drug-likeness (QED) is 0.406. The number of halogens is 1. The molecule has 0 saturated carbocycles. The summed E-state index contributed by atoms with van der Waals surface area (Å²) in [7, 11) is 0. The van der Waals surface area contributed by atoms with Gasteiger partial charge in [0.1, 0.15) is 17.2 Å². The van der Waals surface area contributed by atoms with Gasteiger partial charge in [0.2, 0.25) is 0 Å². The molecule has 1 N–H and O–H groups in total. The number of rotatable bonds is 6. The minimum atomic E-state index is -0.272. The van der Waals surface area contributed by atoms with E-state index in [1.54, 1.807) is 6.07 Å². The lowest BCUT2D eigenvalue weighted by Crippen LogP contribution is -2.44. The van der Waals surface area contributed by atoms with Gasteiger partial charge in [-0.25, -0.2) is 4.39 Å². The van der Waals surface area contributed by atoms with Gasteiger partial charge in [0.05, 0.1) is 5.56 Å². The number of hydrogen-bond donors (Lipinski definition) is 1. The molecule has 1 saturated heterocycles. The van der Waals surface area contributed by atoms with Crippen LogP contribution < -0.4 is 0 Å². The Balaban J connectivity index is 1.17. The van der Waals surface area contributed by atoms with Crippen molar-refractivity contribution in [2.45, 2.75) is 18.9 Å². The van der Waals surface area contributed by atoms with Crippen LogP contribution in [-0.2, 0) is 13.0 Å². The second-order valence-corrected chi connectivity index (χ2v) is 8.62. The summed E-state index contributed by atoms with van der Waals surface area (Å²) < 4.78 is 21.0. The molecule has 1 aliphatic heterocycles. The number of aromatic nitrogens is 4. The minimum Gasteiger partial charge on any atom is -0.456 e. The third-order valence-electron chi connectivity index (χ3n) is 6.22. The highest BCUT2D eigenvalue weighted by molar-refractivity contribution is 5.83. The molecule has 0 amide bonds. The Morgan fingerprint density at radius 3 is 2.58 bits per heavy atom. The van der Waals surface area contributed by atoms with E-state index in [4.69, 9.17) is 4.42 Å². The molecule has 3 aromatic carbocycles. The maximum absolute atomic E-state index is 15.0. The molecule has 0 aliphatic carbocycles. The highest BCUT2D eigenvalue weighted by Gasteiger charge is 2.31. The maximum Gasteiger partial charge on any atom is 0.180 e. The minimum absolute atomic E-state index is 0.272. The van der Waals surface area contributed by atoms with E-state index in [0.717, 1.165) is 41.9 Å². The van der Waals surface area contributed by atoms with Crippen LogP contribution in [0, 0.1) is 5.82 Å². The van der Waals surface area contributed by atoms with Crippen LogP contribution in [0.1, 0.15) is 28.4 Å². The number of benzene rings is 3. The number of hydrogen-bond acceptors (Lipinski definition) is 5. The second kappa shape index (κ2) is 8.26. The van der Waals surface area contributed by atoms with Crippen molar-refractivity contribution in [3.05, 3.63) is 101 Å². The Labute approximate surface area is 190 Å². The lowest BCUT2D eigenvalue weighted by atomic mass is 9.98. The van der Waals surface area contributed by atoms with Crippen LogP contribution in [-0.4, -0.2) is 38.6 Å². The predicted molar refractivity (Wildman–Crippen MR) is 123 cm³/mol. The third kappa shape index (κ3) is 4.03. The molecule has 0 radical (unpaired) electrons. The van der Waals surface area contributed by atoms with Crippen molar-refractivity contribution in [3.63, 3.8) is 0 Å². The molecule has 6 nitrogen and oxygen atoms in total. The van der Waals surface area contributed by atoms with E-state index in [9.17, 15) is 4.39 Å². The van der Waals surface area contributed by atoms with Gasteiger partial charge in [-0.05, 0) is 53.4 Å². The maximum atomic E-state index is 15.0. The number of tetrazole rings is 1. The molecule has 0 bridgehead atoms. The van der Waals surface area contributed by atoms with Gasteiger partial charge in [0.25, 0.3) is 0 Å². The van der Waals surface area contributed by atoms with E-state index in [2.05, 4.69) is 49.8 Å². The van der Waals surface area contributed by atoms with Crippen LogP contribution in [0.4, 0.5) is 4.39 Å². The van der Waals surface area contributed by atoms with E-state index in [1.807, 2.05) is 42.5 Å². The molecule has 5 aromatic rings. The average molecular weight is 439 g/mol. The van der Waals surface area contributed by atoms with Crippen LogP contribution in [0.5, 0.6) is 0 Å². The van der Waals surface area contributed by atoms with Crippen LogP contribution in [0.2, 0.25) is 0 Å². The number of H-pyrrole nitrogens is 1. The van der Waals surface area contributed by atoms with Crippen molar-refractivity contribution >= 4 is 11.0 Å². The topological polar surface area (TPSA) is 70.8 Å². The summed E-state index contributed by atoms with van der Waals surface area (Å²) in [5.41, 5.74) is 4.63. The molecule has 0 spiro atoms. The van der Waals surface area contributed by atoms with E-state index in [-0.39, 0.29) is 11.7 Å². The van der Waals surface area contributed by atoms with E-state index < -0.39 is 0 Å². The van der Waals surface area contributed by atoms with Crippen LogP contribution in [0.15, 0.2) is 77.2 Å². The van der Waals surface area contributed by atoms with Gasteiger partial charge >= 0.3 is 0 Å². The molecule has 1 aliphatic rings. The molecule has 33 heavy (non-hydrogen) atoms. The number of nitrogens with one attached hydrogen (secondary N) is 1. The van der Waals surface area contributed by atoms with Crippen LogP contribution in [0.25, 0.3) is 22.3 Å². The summed E-state index contributed by atoms with van der Waals surface area (Å²) in [6, 6.07) is 23.8. The summed E-state index contributed by atoms with van der Waals surface area (Å²) in [5, 5.41) is 15.2. The van der Waals surface area contributed by atoms with Gasteiger partial charge in [0, 0.05) is 30.9 Å². The summed E-state index contributed by atoms with van der Waals surface area (Å²) in [6.07, 6.45) is 0.852. The number of aromatic amines is 1. The van der Waals surface area contributed by atoms with Gasteiger partial charge in [-0.2, -0.15) is 5.21 Å². The normalized spacial score (nSPS) is 14.6. The molecule has 1 fully saturated rings. The highest BCUT2D eigenvalue weighted by Crippen LogP contribution is 2.32. The zero-order valence-electron chi connectivity index (χ0n) is 17.9. The smallest absolute Gasteiger partial charge is 0.180 e. The summed E-state index contributed by atoms with van der Waals surface area (Å²) in [4.78, 5) is 2.24. The van der Waals surface area contributed by atoms with Crippen LogP contribution >= 0.6 is 0 Å². The lowest BCUT2D eigenvalue weighted by molar-refractivity contribution is 0.134. The van der Waals surface area contributed by atoms with Gasteiger partial charge < -0.3 is 4.42 Å². The number of furan rings is 1. The van der Waals surface area contributed by atoms with Gasteiger partial charge in [0.15, 0.2) is 5.82 Å².